The lowest BCUT2D eigenvalue weighted by Gasteiger charge is -2.11. The van der Waals surface area contributed by atoms with Crippen molar-refractivity contribution in [2.24, 2.45) is 0 Å². The summed E-state index contributed by atoms with van der Waals surface area (Å²) in [6, 6.07) is 12.3. The number of carbonyl (C=O) groups is 1. The first-order valence-corrected chi connectivity index (χ1v) is 7.67. The van der Waals surface area contributed by atoms with Crippen LogP contribution in [0.25, 0.3) is 0 Å². The van der Waals surface area contributed by atoms with Crippen LogP contribution in [0.5, 0.6) is 0 Å². The van der Waals surface area contributed by atoms with Crippen molar-refractivity contribution in [2.75, 3.05) is 5.32 Å². The largest absolute Gasteiger partial charge is 0.322 e. The minimum atomic E-state index is -0.550. The van der Waals surface area contributed by atoms with Crippen LogP contribution in [0.3, 0.4) is 0 Å². The summed E-state index contributed by atoms with van der Waals surface area (Å²) < 4.78 is 14.1. The van der Waals surface area contributed by atoms with Crippen molar-refractivity contribution < 1.29 is 9.18 Å². The third kappa shape index (κ3) is 3.70. The van der Waals surface area contributed by atoms with E-state index in [1.807, 2.05) is 24.3 Å². The summed E-state index contributed by atoms with van der Waals surface area (Å²) in [5.74, 6) is -0.520. The molecule has 0 fully saturated rings. The van der Waals surface area contributed by atoms with Gasteiger partial charge in [0.1, 0.15) is 5.82 Å². The molecule has 1 unspecified atom stereocenters. The standard InChI is InChI=1S/C17H17BrFNO/c1-3-11(2)12-7-9-13(10-8-12)20-17(21)14-5-4-6-15(18)16(14)19/h4-11H,3H2,1-2H3,(H,20,21). The number of hydrogen-bond donors (Lipinski definition) is 1. The molecule has 1 N–H and O–H groups in total. The lowest BCUT2D eigenvalue weighted by Crippen LogP contribution is -2.14. The second-order valence-corrected chi connectivity index (χ2v) is 5.84. The molecule has 0 radical (unpaired) electrons. The van der Waals surface area contributed by atoms with Crippen LogP contribution < -0.4 is 5.32 Å². The zero-order chi connectivity index (χ0) is 15.4. The molecule has 0 heterocycles. The van der Waals surface area contributed by atoms with E-state index < -0.39 is 11.7 Å². The lowest BCUT2D eigenvalue weighted by molar-refractivity contribution is 0.102. The summed E-state index contributed by atoms with van der Waals surface area (Å²) >= 11 is 3.08. The van der Waals surface area contributed by atoms with E-state index in [0.717, 1.165) is 6.42 Å². The van der Waals surface area contributed by atoms with Gasteiger partial charge < -0.3 is 5.32 Å². The number of benzene rings is 2. The average Bonchev–Trinajstić information content (AvgIpc) is 2.50. The smallest absolute Gasteiger partial charge is 0.258 e. The highest BCUT2D eigenvalue weighted by Gasteiger charge is 2.14. The first kappa shape index (κ1) is 15.7. The van der Waals surface area contributed by atoms with Crippen molar-refractivity contribution in [3.63, 3.8) is 0 Å². The zero-order valence-corrected chi connectivity index (χ0v) is 13.6. The maximum Gasteiger partial charge on any atom is 0.258 e. The molecule has 2 aromatic rings. The van der Waals surface area contributed by atoms with Crippen LogP contribution in [0.1, 0.15) is 42.1 Å². The van der Waals surface area contributed by atoms with Crippen molar-refractivity contribution in [1.82, 2.24) is 0 Å². The van der Waals surface area contributed by atoms with Gasteiger partial charge in [-0.15, -0.1) is 0 Å². The van der Waals surface area contributed by atoms with Gasteiger partial charge >= 0.3 is 0 Å². The molecule has 4 heteroatoms. The van der Waals surface area contributed by atoms with Gasteiger partial charge in [-0.05, 0) is 58.1 Å². The molecular weight excluding hydrogens is 333 g/mol. The molecule has 2 aromatic carbocycles. The zero-order valence-electron chi connectivity index (χ0n) is 12.0. The number of hydrogen-bond acceptors (Lipinski definition) is 1. The first-order valence-electron chi connectivity index (χ1n) is 6.88. The molecule has 0 aliphatic heterocycles. The van der Waals surface area contributed by atoms with Gasteiger partial charge in [0.25, 0.3) is 5.91 Å². The van der Waals surface area contributed by atoms with E-state index in [9.17, 15) is 9.18 Å². The van der Waals surface area contributed by atoms with Crippen molar-refractivity contribution in [3.8, 4) is 0 Å². The van der Waals surface area contributed by atoms with Gasteiger partial charge in [0.2, 0.25) is 0 Å². The summed E-state index contributed by atoms with van der Waals surface area (Å²) in [7, 11) is 0. The summed E-state index contributed by atoms with van der Waals surface area (Å²) in [4.78, 5) is 12.1. The Balaban J connectivity index is 2.14. The predicted octanol–water partition coefficient (Wildman–Crippen LogP) is 5.35. The molecule has 0 bridgehead atoms. The molecule has 0 aliphatic rings. The first-order chi connectivity index (χ1) is 10.0. The molecule has 21 heavy (non-hydrogen) atoms. The van der Waals surface area contributed by atoms with Crippen LogP contribution in [-0.4, -0.2) is 5.91 Å². The maximum atomic E-state index is 13.9. The van der Waals surface area contributed by atoms with Crippen molar-refractivity contribution >= 4 is 27.5 Å². The SMILES string of the molecule is CCC(C)c1ccc(NC(=O)c2cccc(Br)c2F)cc1. The van der Waals surface area contributed by atoms with Gasteiger partial charge in [0, 0.05) is 5.69 Å². The van der Waals surface area contributed by atoms with Gasteiger partial charge in [-0.25, -0.2) is 4.39 Å². The monoisotopic (exact) mass is 349 g/mol. The molecule has 0 aliphatic carbocycles. The van der Waals surface area contributed by atoms with Gasteiger partial charge in [0.05, 0.1) is 10.0 Å². The van der Waals surface area contributed by atoms with E-state index in [1.165, 1.54) is 11.6 Å². The number of amides is 1. The minimum absolute atomic E-state index is 0.0235. The van der Waals surface area contributed by atoms with Crippen LogP contribution in [0.4, 0.5) is 10.1 Å². The topological polar surface area (TPSA) is 29.1 Å². The Hall–Kier alpha value is -1.68. The molecule has 0 saturated heterocycles. The Kier molecular flexibility index (Phi) is 5.12. The van der Waals surface area contributed by atoms with Gasteiger partial charge in [0.15, 0.2) is 0 Å². The van der Waals surface area contributed by atoms with Gasteiger partial charge in [-0.1, -0.05) is 32.0 Å². The average molecular weight is 350 g/mol. The number of halogens is 2. The third-order valence-electron chi connectivity index (χ3n) is 3.55. The second-order valence-electron chi connectivity index (χ2n) is 4.99. The van der Waals surface area contributed by atoms with E-state index in [2.05, 4.69) is 35.1 Å². The molecule has 0 saturated carbocycles. The number of carbonyl (C=O) groups excluding carboxylic acids is 1. The fourth-order valence-corrected chi connectivity index (χ4v) is 2.37. The highest BCUT2D eigenvalue weighted by molar-refractivity contribution is 9.10. The van der Waals surface area contributed by atoms with Crippen molar-refractivity contribution in [2.45, 2.75) is 26.2 Å². The molecule has 2 nitrogen and oxygen atoms in total. The van der Waals surface area contributed by atoms with E-state index in [1.54, 1.807) is 12.1 Å². The summed E-state index contributed by atoms with van der Waals surface area (Å²) in [5.41, 5.74) is 1.91. The summed E-state index contributed by atoms with van der Waals surface area (Å²) in [5, 5.41) is 2.71. The van der Waals surface area contributed by atoms with Crippen LogP contribution in [0, 0.1) is 5.82 Å². The van der Waals surface area contributed by atoms with E-state index in [0.29, 0.717) is 11.6 Å². The fourth-order valence-electron chi connectivity index (χ4n) is 2.01. The van der Waals surface area contributed by atoms with Crippen LogP contribution in [0.15, 0.2) is 46.9 Å². The lowest BCUT2D eigenvalue weighted by atomic mass is 9.98. The molecule has 1 amide bonds. The van der Waals surface area contributed by atoms with E-state index in [4.69, 9.17) is 0 Å². The van der Waals surface area contributed by atoms with E-state index >= 15 is 0 Å². The quantitative estimate of drug-likeness (QED) is 0.791. The highest BCUT2D eigenvalue weighted by atomic mass is 79.9. The van der Waals surface area contributed by atoms with Gasteiger partial charge in [-0.2, -0.15) is 0 Å². The van der Waals surface area contributed by atoms with Crippen molar-refractivity contribution in [3.05, 3.63) is 63.9 Å². The number of nitrogens with one attached hydrogen (secondary N) is 1. The number of anilines is 1. The Morgan fingerprint density at radius 1 is 1.24 bits per heavy atom. The third-order valence-corrected chi connectivity index (χ3v) is 4.16. The molecule has 0 spiro atoms. The Labute approximate surface area is 132 Å². The molecule has 1 atom stereocenters. The molecule has 0 aromatic heterocycles. The molecular formula is C17H17BrFNO. The Bertz CT molecular complexity index is 640. The summed E-state index contributed by atoms with van der Waals surface area (Å²) in [6.45, 7) is 4.29. The second kappa shape index (κ2) is 6.85. The van der Waals surface area contributed by atoms with Gasteiger partial charge in [-0.3, -0.25) is 4.79 Å². The minimum Gasteiger partial charge on any atom is -0.322 e. The Morgan fingerprint density at radius 3 is 2.52 bits per heavy atom. The number of rotatable bonds is 4. The normalized spacial score (nSPS) is 12.0. The molecule has 2 rings (SSSR count). The Morgan fingerprint density at radius 2 is 1.90 bits per heavy atom. The summed E-state index contributed by atoms with van der Waals surface area (Å²) in [6.07, 6.45) is 1.06. The maximum absolute atomic E-state index is 13.9. The van der Waals surface area contributed by atoms with Crippen LogP contribution in [0.2, 0.25) is 0 Å². The fraction of sp³-hybridized carbons (Fsp3) is 0.235. The molecule has 110 valence electrons. The highest BCUT2D eigenvalue weighted by Crippen LogP contribution is 2.22. The van der Waals surface area contributed by atoms with Crippen LogP contribution in [-0.2, 0) is 0 Å². The van der Waals surface area contributed by atoms with Crippen molar-refractivity contribution in [1.29, 1.82) is 0 Å². The van der Waals surface area contributed by atoms with E-state index in [-0.39, 0.29) is 10.0 Å². The predicted molar refractivity (Wildman–Crippen MR) is 87.2 cm³/mol. The van der Waals surface area contributed by atoms with Crippen LogP contribution >= 0.6 is 15.9 Å².